The predicted molar refractivity (Wildman–Crippen MR) is 69.1 cm³/mol. The van der Waals surface area contributed by atoms with Crippen molar-refractivity contribution in [2.45, 2.75) is 37.6 Å². The van der Waals surface area contributed by atoms with Crippen LogP contribution in [0.3, 0.4) is 0 Å². The van der Waals surface area contributed by atoms with E-state index in [1.54, 1.807) is 24.3 Å². The Morgan fingerprint density at radius 3 is 2.35 bits per heavy atom. The Morgan fingerprint density at radius 1 is 1.29 bits per heavy atom. The lowest BCUT2D eigenvalue weighted by atomic mass is 10.1. The number of hydrogen-bond acceptors (Lipinski definition) is 3. The molecule has 0 fully saturated rings. The Labute approximate surface area is 103 Å². The summed E-state index contributed by atoms with van der Waals surface area (Å²) in [5.74, 6) is 0. The first-order valence-electron chi connectivity index (χ1n) is 5.82. The van der Waals surface area contributed by atoms with E-state index in [0.29, 0.717) is 6.54 Å². The minimum atomic E-state index is -3.37. The summed E-state index contributed by atoms with van der Waals surface area (Å²) in [6.07, 6.45) is 1.81. The van der Waals surface area contributed by atoms with E-state index in [1.807, 2.05) is 13.8 Å². The van der Waals surface area contributed by atoms with Gasteiger partial charge in [-0.05, 0) is 31.0 Å². The number of rotatable bonds is 6. The molecule has 0 heterocycles. The van der Waals surface area contributed by atoms with Gasteiger partial charge in [0, 0.05) is 12.6 Å². The molecule has 0 spiro atoms. The number of nitrogens with two attached hydrogens (primary N) is 1. The fraction of sp³-hybridized carbons (Fsp3) is 0.500. The average Bonchev–Trinajstić information content (AvgIpc) is 2.29. The third-order valence-electron chi connectivity index (χ3n) is 2.54. The molecule has 0 radical (unpaired) electrons. The molecule has 1 rings (SSSR count). The topological polar surface area (TPSA) is 72.2 Å². The number of benzene rings is 1. The van der Waals surface area contributed by atoms with Gasteiger partial charge in [-0.25, -0.2) is 13.1 Å². The van der Waals surface area contributed by atoms with Crippen molar-refractivity contribution >= 4 is 10.0 Å². The zero-order valence-electron chi connectivity index (χ0n) is 10.3. The third-order valence-corrected chi connectivity index (χ3v) is 4.02. The molecule has 0 amide bonds. The summed E-state index contributed by atoms with van der Waals surface area (Å²) in [5.41, 5.74) is 6.63. The molecule has 3 N–H and O–H groups in total. The fourth-order valence-electron chi connectivity index (χ4n) is 1.42. The summed E-state index contributed by atoms with van der Waals surface area (Å²) in [7, 11) is -3.37. The Hall–Kier alpha value is -0.910. The smallest absolute Gasteiger partial charge is 0.240 e. The molecule has 17 heavy (non-hydrogen) atoms. The number of nitrogens with one attached hydrogen (secondary N) is 1. The SMILES string of the molecule is CCCCNS(=O)(=O)c1ccc(C(C)N)cc1. The van der Waals surface area contributed by atoms with Crippen molar-refractivity contribution < 1.29 is 8.42 Å². The lowest BCUT2D eigenvalue weighted by molar-refractivity contribution is 0.578. The first-order valence-corrected chi connectivity index (χ1v) is 7.31. The van der Waals surface area contributed by atoms with Gasteiger partial charge in [0.15, 0.2) is 0 Å². The highest BCUT2D eigenvalue weighted by atomic mass is 32.2. The third kappa shape index (κ3) is 4.11. The molecule has 0 bridgehead atoms. The van der Waals surface area contributed by atoms with E-state index in [1.165, 1.54) is 0 Å². The Kier molecular flexibility index (Phi) is 5.11. The van der Waals surface area contributed by atoms with Gasteiger partial charge >= 0.3 is 0 Å². The van der Waals surface area contributed by atoms with Crippen molar-refractivity contribution in [3.05, 3.63) is 29.8 Å². The molecular formula is C12H20N2O2S. The monoisotopic (exact) mass is 256 g/mol. The van der Waals surface area contributed by atoms with E-state index in [-0.39, 0.29) is 10.9 Å². The molecule has 1 aromatic carbocycles. The molecule has 1 unspecified atom stereocenters. The predicted octanol–water partition coefficient (Wildman–Crippen LogP) is 1.78. The molecule has 1 atom stereocenters. The van der Waals surface area contributed by atoms with Crippen LogP contribution in [0.15, 0.2) is 29.2 Å². The lowest BCUT2D eigenvalue weighted by Crippen LogP contribution is -2.24. The second-order valence-electron chi connectivity index (χ2n) is 4.11. The van der Waals surface area contributed by atoms with Gasteiger partial charge in [-0.1, -0.05) is 25.5 Å². The number of hydrogen-bond donors (Lipinski definition) is 2. The van der Waals surface area contributed by atoms with Crippen molar-refractivity contribution in [2.24, 2.45) is 5.73 Å². The maximum absolute atomic E-state index is 11.8. The molecule has 1 aromatic rings. The van der Waals surface area contributed by atoms with Crippen LogP contribution >= 0.6 is 0 Å². The minimum absolute atomic E-state index is 0.0835. The average molecular weight is 256 g/mol. The molecule has 96 valence electrons. The molecular weight excluding hydrogens is 236 g/mol. The molecule has 0 aliphatic carbocycles. The van der Waals surface area contributed by atoms with E-state index < -0.39 is 10.0 Å². The zero-order valence-corrected chi connectivity index (χ0v) is 11.1. The van der Waals surface area contributed by atoms with Crippen LogP contribution in [-0.2, 0) is 10.0 Å². The van der Waals surface area contributed by atoms with Crippen LogP contribution in [0.25, 0.3) is 0 Å². The summed E-state index contributed by atoms with van der Waals surface area (Å²) in [4.78, 5) is 0.290. The molecule has 0 aliphatic heterocycles. The fourth-order valence-corrected chi connectivity index (χ4v) is 2.49. The van der Waals surface area contributed by atoms with Gasteiger partial charge < -0.3 is 5.73 Å². The maximum Gasteiger partial charge on any atom is 0.240 e. The second kappa shape index (κ2) is 6.14. The van der Waals surface area contributed by atoms with Gasteiger partial charge in [0.2, 0.25) is 10.0 Å². The van der Waals surface area contributed by atoms with Crippen molar-refractivity contribution in [1.29, 1.82) is 0 Å². The lowest BCUT2D eigenvalue weighted by Gasteiger charge is -2.08. The summed E-state index contributed by atoms with van der Waals surface area (Å²) in [6.45, 7) is 4.36. The van der Waals surface area contributed by atoms with Gasteiger partial charge in [0.1, 0.15) is 0 Å². The summed E-state index contributed by atoms with van der Waals surface area (Å²) < 4.78 is 26.3. The van der Waals surface area contributed by atoms with Gasteiger partial charge in [0.25, 0.3) is 0 Å². The van der Waals surface area contributed by atoms with Crippen molar-refractivity contribution in [2.75, 3.05) is 6.54 Å². The Balaban J connectivity index is 2.78. The van der Waals surface area contributed by atoms with Gasteiger partial charge in [-0.15, -0.1) is 0 Å². The molecule has 4 nitrogen and oxygen atoms in total. The van der Waals surface area contributed by atoms with E-state index in [9.17, 15) is 8.42 Å². The van der Waals surface area contributed by atoms with Crippen molar-refractivity contribution in [3.8, 4) is 0 Å². The van der Waals surface area contributed by atoms with E-state index in [4.69, 9.17) is 5.73 Å². The van der Waals surface area contributed by atoms with Crippen LogP contribution in [0, 0.1) is 0 Å². The Bertz CT molecular complexity index is 438. The highest BCUT2D eigenvalue weighted by molar-refractivity contribution is 7.89. The number of sulfonamides is 1. The van der Waals surface area contributed by atoms with E-state index >= 15 is 0 Å². The summed E-state index contributed by atoms with van der Waals surface area (Å²) in [6, 6.07) is 6.60. The molecule has 0 aromatic heterocycles. The normalized spacial score (nSPS) is 13.6. The molecule has 5 heteroatoms. The highest BCUT2D eigenvalue weighted by Gasteiger charge is 2.12. The quantitative estimate of drug-likeness (QED) is 0.762. The van der Waals surface area contributed by atoms with Crippen LogP contribution in [0.5, 0.6) is 0 Å². The standard InChI is InChI=1S/C12H20N2O2S/c1-3-4-9-14-17(15,16)12-7-5-11(6-8-12)10(2)13/h5-8,10,14H,3-4,9,13H2,1-2H3. The largest absolute Gasteiger partial charge is 0.324 e. The zero-order chi connectivity index (χ0) is 12.9. The number of unbranched alkanes of at least 4 members (excludes halogenated alkanes) is 1. The van der Waals surface area contributed by atoms with Crippen molar-refractivity contribution in [1.82, 2.24) is 4.72 Å². The second-order valence-corrected chi connectivity index (χ2v) is 5.88. The van der Waals surface area contributed by atoms with Gasteiger partial charge in [-0.2, -0.15) is 0 Å². The minimum Gasteiger partial charge on any atom is -0.324 e. The van der Waals surface area contributed by atoms with E-state index in [2.05, 4.69) is 4.72 Å². The van der Waals surface area contributed by atoms with Crippen molar-refractivity contribution in [3.63, 3.8) is 0 Å². The maximum atomic E-state index is 11.8. The van der Waals surface area contributed by atoms with Gasteiger partial charge in [-0.3, -0.25) is 0 Å². The van der Waals surface area contributed by atoms with Crippen LogP contribution in [0.1, 0.15) is 38.3 Å². The summed E-state index contributed by atoms with van der Waals surface area (Å²) >= 11 is 0. The van der Waals surface area contributed by atoms with Crippen LogP contribution in [0.4, 0.5) is 0 Å². The van der Waals surface area contributed by atoms with Crippen LogP contribution in [0.2, 0.25) is 0 Å². The molecule has 0 aliphatic rings. The van der Waals surface area contributed by atoms with Gasteiger partial charge in [0.05, 0.1) is 4.90 Å². The highest BCUT2D eigenvalue weighted by Crippen LogP contribution is 2.14. The Morgan fingerprint density at radius 2 is 1.88 bits per heavy atom. The van der Waals surface area contributed by atoms with Crippen LogP contribution < -0.4 is 10.5 Å². The summed E-state index contributed by atoms with van der Waals surface area (Å²) in [5, 5.41) is 0. The molecule has 0 saturated carbocycles. The first-order chi connectivity index (χ1) is 7.97. The van der Waals surface area contributed by atoms with Crippen LogP contribution in [-0.4, -0.2) is 15.0 Å². The first kappa shape index (κ1) is 14.2. The molecule has 0 saturated heterocycles. The van der Waals surface area contributed by atoms with E-state index in [0.717, 1.165) is 18.4 Å².